The van der Waals surface area contributed by atoms with Crippen LogP contribution in [0.3, 0.4) is 0 Å². The van der Waals surface area contributed by atoms with Gasteiger partial charge in [0.05, 0.1) is 13.2 Å². The van der Waals surface area contributed by atoms with Gasteiger partial charge in [-0.15, -0.1) is 0 Å². The number of rotatable bonds is 3. The van der Waals surface area contributed by atoms with Crippen LogP contribution in [-0.4, -0.2) is 32.1 Å². The van der Waals surface area contributed by atoms with E-state index in [1.54, 1.807) is 0 Å². The van der Waals surface area contributed by atoms with Crippen molar-refractivity contribution in [3.05, 3.63) is 29.8 Å². The van der Waals surface area contributed by atoms with Crippen LogP contribution in [0.2, 0.25) is 0 Å². The van der Waals surface area contributed by atoms with Gasteiger partial charge in [0.15, 0.2) is 5.78 Å². The molecule has 3 rings (SSSR count). The van der Waals surface area contributed by atoms with Crippen LogP contribution in [0.5, 0.6) is 0 Å². The first-order valence-electron chi connectivity index (χ1n) is 7.17. The lowest BCUT2D eigenvalue weighted by Gasteiger charge is -2.34. The molecule has 2 unspecified atom stereocenters. The molecule has 0 spiro atoms. The molecule has 19 heavy (non-hydrogen) atoms. The van der Waals surface area contributed by atoms with Crippen molar-refractivity contribution in [2.75, 3.05) is 31.2 Å². The van der Waals surface area contributed by atoms with Gasteiger partial charge in [0, 0.05) is 24.8 Å². The Kier molecular flexibility index (Phi) is 3.56. The Hall–Kier alpha value is -1.35. The van der Waals surface area contributed by atoms with Crippen molar-refractivity contribution in [3.63, 3.8) is 0 Å². The van der Waals surface area contributed by atoms with E-state index in [9.17, 15) is 4.79 Å². The van der Waals surface area contributed by atoms with Crippen LogP contribution in [0, 0.1) is 11.8 Å². The normalized spacial score (nSPS) is 26.3. The Morgan fingerprint density at radius 2 is 2.26 bits per heavy atom. The fraction of sp³-hybridized carbons (Fsp3) is 0.562. The Morgan fingerprint density at radius 1 is 1.42 bits per heavy atom. The van der Waals surface area contributed by atoms with E-state index < -0.39 is 0 Å². The third kappa shape index (κ3) is 2.66. The molecular formula is C16H21NO2. The first kappa shape index (κ1) is 12.7. The summed E-state index contributed by atoms with van der Waals surface area (Å²) in [6.45, 7) is 5.13. The van der Waals surface area contributed by atoms with Crippen molar-refractivity contribution in [3.8, 4) is 0 Å². The molecule has 0 N–H and O–H groups in total. The van der Waals surface area contributed by atoms with Gasteiger partial charge < -0.3 is 9.64 Å². The molecule has 102 valence electrons. The fourth-order valence-electron chi connectivity index (χ4n) is 3.16. The second-order valence-electron chi connectivity index (χ2n) is 5.85. The molecule has 0 amide bonds. The summed E-state index contributed by atoms with van der Waals surface area (Å²) >= 11 is 0. The van der Waals surface area contributed by atoms with E-state index in [1.165, 1.54) is 11.3 Å². The highest BCUT2D eigenvalue weighted by Gasteiger charge is 2.28. The maximum absolute atomic E-state index is 12.3. The summed E-state index contributed by atoms with van der Waals surface area (Å²) in [6, 6.07) is 8.47. The van der Waals surface area contributed by atoms with Gasteiger partial charge in [0.2, 0.25) is 0 Å². The minimum absolute atomic E-state index is 0.115. The molecule has 1 fully saturated rings. The number of nitrogens with zero attached hydrogens (tertiary/aromatic N) is 1. The fourth-order valence-corrected chi connectivity index (χ4v) is 3.16. The molecule has 2 aliphatic heterocycles. The molecule has 1 aromatic rings. The number of benzene rings is 1. The lowest BCUT2D eigenvalue weighted by molar-refractivity contribution is -0.121. The van der Waals surface area contributed by atoms with Gasteiger partial charge in [-0.25, -0.2) is 0 Å². The molecule has 3 heteroatoms. The topological polar surface area (TPSA) is 29.5 Å². The van der Waals surface area contributed by atoms with Crippen LogP contribution in [0.4, 0.5) is 5.69 Å². The predicted octanol–water partition coefficient (Wildman–Crippen LogP) is 2.29. The van der Waals surface area contributed by atoms with E-state index in [0.29, 0.717) is 24.9 Å². The highest BCUT2D eigenvalue weighted by molar-refractivity contribution is 5.86. The number of ketones is 1. The summed E-state index contributed by atoms with van der Waals surface area (Å²) in [5.74, 6) is 1.06. The zero-order valence-electron chi connectivity index (χ0n) is 11.5. The van der Waals surface area contributed by atoms with Crippen LogP contribution in [-0.2, 0) is 16.0 Å². The molecule has 2 heterocycles. The Bertz CT molecular complexity index is 466. The van der Waals surface area contributed by atoms with Crippen molar-refractivity contribution in [1.29, 1.82) is 0 Å². The molecule has 2 aliphatic rings. The van der Waals surface area contributed by atoms with E-state index in [2.05, 4.69) is 36.1 Å². The molecule has 1 aromatic carbocycles. The number of Topliss-reactive ketones (excluding diaryl/α,β-unsaturated/α-hetero) is 1. The first-order chi connectivity index (χ1) is 9.24. The molecule has 0 bridgehead atoms. The number of fused-ring (bicyclic) bond motifs is 1. The van der Waals surface area contributed by atoms with Crippen molar-refractivity contribution in [1.82, 2.24) is 0 Å². The lowest BCUT2D eigenvalue weighted by Crippen LogP contribution is -2.39. The average molecular weight is 259 g/mol. The lowest BCUT2D eigenvalue weighted by atomic mass is 9.93. The molecule has 0 aliphatic carbocycles. The minimum atomic E-state index is 0.115. The van der Waals surface area contributed by atoms with Crippen LogP contribution < -0.4 is 4.90 Å². The number of hydrogen-bond acceptors (Lipinski definition) is 3. The van der Waals surface area contributed by atoms with Crippen LogP contribution in [0.1, 0.15) is 18.9 Å². The number of anilines is 1. The molecule has 0 radical (unpaired) electrons. The number of ether oxygens (including phenoxy) is 1. The number of hydrogen-bond donors (Lipinski definition) is 0. The zero-order chi connectivity index (χ0) is 13.2. The van der Waals surface area contributed by atoms with Crippen molar-refractivity contribution in [2.24, 2.45) is 11.8 Å². The summed E-state index contributed by atoms with van der Waals surface area (Å²) in [7, 11) is 0. The molecule has 3 nitrogen and oxygen atoms in total. The van der Waals surface area contributed by atoms with Crippen molar-refractivity contribution < 1.29 is 9.53 Å². The molecule has 0 saturated carbocycles. The van der Waals surface area contributed by atoms with Gasteiger partial charge in [-0.3, -0.25) is 4.79 Å². The average Bonchev–Trinajstić information content (AvgIpc) is 2.92. The van der Waals surface area contributed by atoms with E-state index >= 15 is 0 Å². The van der Waals surface area contributed by atoms with E-state index in [1.807, 2.05) is 0 Å². The van der Waals surface area contributed by atoms with Gasteiger partial charge in [-0.1, -0.05) is 25.1 Å². The zero-order valence-corrected chi connectivity index (χ0v) is 11.5. The van der Waals surface area contributed by atoms with E-state index in [4.69, 9.17) is 4.74 Å². The third-order valence-corrected chi connectivity index (χ3v) is 4.16. The van der Waals surface area contributed by atoms with Crippen LogP contribution >= 0.6 is 0 Å². The summed E-state index contributed by atoms with van der Waals surface area (Å²) in [5, 5.41) is 0. The maximum atomic E-state index is 12.3. The van der Waals surface area contributed by atoms with Crippen molar-refractivity contribution >= 4 is 11.5 Å². The maximum Gasteiger partial charge on any atom is 0.157 e. The second kappa shape index (κ2) is 5.33. The summed E-state index contributed by atoms with van der Waals surface area (Å²) in [5.41, 5.74) is 2.62. The van der Waals surface area contributed by atoms with E-state index in [0.717, 1.165) is 26.0 Å². The van der Waals surface area contributed by atoms with Gasteiger partial charge in [0.25, 0.3) is 0 Å². The Balaban J connectivity index is 1.75. The predicted molar refractivity (Wildman–Crippen MR) is 75.5 cm³/mol. The SMILES string of the molecule is CC1Cc2ccccc2N(CC(=O)C2CCOC2)C1. The molecule has 2 atom stereocenters. The highest BCUT2D eigenvalue weighted by atomic mass is 16.5. The summed E-state index contributed by atoms with van der Waals surface area (Å²) in [4.78, 5) is 14.6. The van der Waals surface area contributed by atoms with Crippen molar-refractivity contribution in [2.45, 2.75) is 19.8 Å². The van der Waals surface area contributed by atoms with Gasteiger partial charge in [0.1, 0.15) is 0 Å². The Labute approximate surface area is 114 Å². The van der Waals surface area contributed by atoms with Gasteiger partial charge in [-0.2, -0.15) is 0 Å². The van der Waals surface area contributed by atoms with Gasteiger partial charge in [-0.05, 0) is 30.4 Å². The third-order valence-electron chi connectivity index (χ3n) is 4.16. The number of carbonyl (C=O) groups is 1. The second-order valence-corrected chi connectivity index (χ2v) is 5.85. The Morgan fingerprint density at radius 3 is 3.05 bits per heavy atom. The number of carbonyl (C=O) groups excluding carboxylic acids is 1. The molecular weight excluding hydrogens is 238 g/mol. The monoisotopic (exact) mass is 259 g/mol. The van der Waals surface area contributed by atoms with E-state index in [-0.39, 0.29) is 5.92 Å². The standard InChI is InChI=1S/C16H21NO2/c1-12-8-13-4-2-3-5-15(13)17(9-12)10-16(18)14-6-7-19-11-14/h2-5,12,14H,6-11H2,1H3. The smallest absolute Gasteiger partial charge is 0.157 e. The highest BCUT2D eigenvalue weighted by Crippen LogP contribution is 2.29. The largest absolute Gasteiger partial charge is 0.381 e. The minimum Gasteiger partial charge on any atom is -0.381 e. The van der Waals surface area contributed by atoms with Crippen LogP contribution in [0.15, 0.2) is 24.3 Å². The molecule has 0 aromatic heterocycles. The van der Waals surface area contributed by atoms with Crippen LogP contribution in [0.25, 0.3) is 0 Å². The van der Waals surface area contributed by atoms with Gasteiger partial charge >= 0.3 is 0 Å². The first-order valence-corrected chi connectivity index (χ1v) is 7.17. The molecule has 1 saturated heterocycles. The summed E-state index contributed by atoms with van der Waals surface area (Å²) < 4.78 is 5.32. The summed E-state index contributed by atoms with van der Waals surface area (Å²) in [6.07, 6.45) is 2.01. The number of para-hydroxylation sites is 1. The quantitative estimate of drug-likeness (QED) is 0.834.